The number of hydrogen-bond acceptors (Lipinski definition) is 2. The van der Waals surface area contributed by atoms with Crippen LogP contribution in [0.2, 0.25) is 0 Å². The summed E-state index contributed by atoms with van der Waals surface area (Å²) in [5.41, 5.74) is 21.6. The third-order valence-electron chi connectivity index (χ3n) is 11.6. The van der Waals surface area contributed by atoms with Gasteiger partial charge in [-0.15, -0.1) is 0 Å². The van der Waals surface area contributed by atoms with E-state index >= 15 is 0 Å². The zero-order chi connectivity index (χ0) is 35.1. The van der Waals surface area contributed by atoms with E-state index in [1.54, 1.807) is 0 Å². The largest absolute Gasteiger partial charge is 0.354 e. The first kappa shape index (κ1) is 30.1. The van der Waals surface area contributed by atoms with E-state index in [9.17, 15) is 0 Å². The Morgan fingerprint density at radius 2 is 1.08 bits per heavy atom. The molecule has 1 radical (unpaired) electrons. The molecule has 1 spiro atoms. The summed E-state index contributed by atoms with van der Waals surface area (Å²) < 4.78 is 0. The van der Waals surface area contributed by atoms with Gasteiger partial charge in [0.2, 0.25) is 0 Å². The van der Waals surface area contributed by atoms with E-state index in [1.165, 1.54) is 83.5 Å². The second kappa shape index (κ2) is 11.5. The number of nitrogens with one attached hydrogen (secondary N) is 1. The number of anilines is 5. The minimum absolute atomic E-state index is 0.472. The second-order valence-electron chi connectivity index (χ2n) is 14.4. The van der Waals surface area contributed by atoms with E-state index in [0.29, 0.717) is 0 Å². The van der Waals surface area contributed by atoms with Crippen LogP contribution in [0.5, 0.6) is 0 Å². The lowest BCUT2D eigenvalue weighted by Crippen LogP contribution is -2.41. The van der Waals surface area contributed by atoms with Gasteiger partial charge in [0, 0.05) is 28.3 Å². The van der Waals surface area contributed by atoms with E-state index < -0.39 is 5.41 Å². The molecule has 247 valence electrons. The monoisotopic (exact) mass is 673 g/mol. The van der Waals surface area contributed by atoms with Crippen LogP contribution in [-0.4, -0.2) is 7.28 Å². The van der Waals surface area contributed by atoms with E-state index in [1.807, 2.05) is 0 Å². The summed E-state index contributed by atoms with van der Waals surface area (Å²) in [6.07, 6.45) is 0. The van der Waals surface area contributed by atoms with Gasteiger partial charge in [0.15, 0.2) is 7.28 Å². The standard InChI is InChI=1S/C50H34BN2/c1-32-16-5-6-19-35(32)33-30-39(48-47(31-33)53(34-17-3-2-4-18-34)46-29-14-12-27-44(46)51-48)38-22-15-26-43-49(38)52-45-28-13-11-25-42(45)50(43)40-23-9-7-20-36(40)37-21-8-10-24-41(37)50/h2-31,52H,1H3. The highest BCUT2D eigenvalue weighted by Gasteiger charge is 2.50. The van der Waals surface area contributed by atoms with Crippen molar-refractivity contribution in [3.63, 3.8) is 0 Å². The molecule has 0 aromatic heterocycles. The molecule has 1 aliphatic carbocycles. The van der Waals surface area contributed by atoms with Crippen molar-refractivity contribution in [3.8, 4) is 33.4 Å². The number of fused-ring (bicyclic) bond motifs is 11. The van der Waals surface area contributed by atoms with Crippen LogP contribution >= 0.6 is 0 Å². The maximum atomic E-state index is 4.03. The molecular formula is C50H34BN2. The first-order chi connectivity index (χ1) is 26.2. The Balaban J connectivity index is 1.24. The average Bonchev–Trinajstić information content (AvgIpc) is 3.51. The molecule has 0 amide bonds. The van der Waals surface area contributed by atoms with E-state index in [0.717, 1.165) is 17.1 Å². The third-order valence-corrected chi connectivity index (χ3v) is 11.6. The first-order valence-electron chi connectivity index (χ1n) is 18.4. The van der Waals surface area contributed by atoms with E-state index in [4.69, 9.17) is 0 Å². The van der Waals surface area contributed by atoms with Gasteiger partial charge in [-0.25, -0.2) is 0 Å². The summed E-state index contributed by atoms with van der Waals surface area (Å²) in [6.45, 7) is 2.21. The zero-order valence-electron chi connectivity index (χ0n) is 29.3. The number of para-hydroxylation sites is 4. The minimum atomic E-state index is -0.472. The van der Waals surface area contributed by atoms with Crippen molar-refractivity contribution in [1.29, 1.82) is 0 Å². The molecule has 0 fully saturated rings. The lowest BCUT2D eigenvalue weighted by Gasteiger charge is -2.41. The lowest BCUT2D eigenvalue weighted by atomic mass is 9.57. The molecule has 0 saturated heterocycles. The fourth-order valence-corrected chi connectivity index (χ4v) is 9.44. The summed E-state index contributed by atoms with van der Waals surface area (Å²) >= 11 is 0. The van der Waals surface area contributed by atoms with Gasteiger partial charge >= 0.3 is 0 Å². The Kier molecular flexibility index (Phi) is 6.51. The topological polar surface area (TPSA) is 15.3 Å². The third kappa shape index (κ3) is 4.22. The molecule has 53 heavy (non-hydrogen) atoms. The molecule has 2 aliphatic heterocycles. The maximum Gasteiger partial charge on any atom is 0.197 e. The van der Waals surface area contributed by atoms with Gasteiger partial charge in [-0.3, -0.25) is 0 Å². The Bertz CT molecular complexity index is 2720. The fourth-order valence-electron chi connectivity index (χ4n) is 9.44. The molecule has 1 N–H and O–H groups in total. The van der Waals surface area contributed by atoms with Crippen molar-refractivity contribution >= 4 is 46.6 Å². The summed E-state index contributed by atoms with van der Waals surface area (Å²) in [5.74, 6) is 0. The number of hydrogen-bond donors (Lipinski definition) is 1. The van der Waals surface area contributed by atoms with Crippen LogP contribution in [0.3, 0.4) is 0 Å². The lowest BCUT2D eigenvalue weighted by molar-refractivity contribution is 0.763. The Morgan fingerprint density at radius 3 is 1.85 bits per heavy atom. The smallest absolute Gasteiger partial charge is 0.197 e. The summed E-state index contributed by atoms with van der Waals surface area (Å²) in [5, 5.41) is 4.03. The van der Waals surface area contributed by atoms with Gasteiger partial charge in [-0.05, 0) is 104 Å². The molecular weight excluding hydrogens is 639 g/mol. The number of nitrogens with zero attached hydrogens (tertiary/aromatic N) is 1. The Labute approximate surface area is 311 Å². The summed E-state index contributed by atoms with van der Waals surface area (Å²) in [4.78, 5) is 2.44. The van der Waals surface area contributed by atoms with Crippen molar-refractivity contribution in [2.45, 2.75) is 12.3 Å². The predicted octanol–water partition coefficient (Wildman–Crippen LogP) is 11.2. The van der Waals surface area contributed by atoms with Crippen molar-refractivity contribution in [2.75, 3.05) is 10.2 Å². The fraction of sp³-hybridized carbons (Fsp3) is 0.0400. The van der Waals surface area contributed by atoms with Crippen LogP contribution in [0.25, 0.3) is 33.4 Å². The highest BCUT2D eigenvalue weighted by Crippen LogP contribution is 2.62. The Hall–Kier alpha value is -6.58. The van der Waals surface area contributed by atoms with Crippen molar-refractivity contribution in [3.05, 3.63) is 210 Å². The molecule has 2 nitrogen and oxygen atoms in total. The molecule has 0 bridgehead atoms. The SMILES string of the molecule is Cc1ccccc1-c1cc(-c2cccc3c2Nc2ccccc2C32c3ccccc3-c3ccccc32)c2c(c1)N(c1ccccc1)c1ccccc1[B]2. The van der Waals surface area contributed by atoms with Gasteiger partial charge in [0.1, 0.15) is 0 Å². The number of aryl methyl sites for hydroxylation is 1. The molecule has 0 unspecified atom stereocenters. The van der Waals surface area contributed by atoms with Crippen LogP contribution in [0.15, 0.2) is 182 Å². The van der Waals surface area contributed by atoms with Crippen molar-refractivity contribution in [1.82, 2.24) is 0 Å². The van der Waals surface area contributed by atoms with Crippen molar-refractivity contribution < 1.29 is 0 Å². The van der Waals surface area contributed by atoms with E-state index in [2.05, 4.69) is 206 Å². The van der Waals surface area contributed by atoms with Crippen LogP contribution < -0.4 is 21.1 Å². The van der Waals surface area contributed by atoms with Gasteiger partial charge in [-0.1, -0.05) is 151 Å². The normalized spacial score (nSPS) is 13.8. The molecule has 0 atom stereocenters. The molecule has 0 saturated carbocycles. The molecule has 3 aliphatic rings. The molecule has 8 aromatic carbocycles. The first-order valence-corrected chi connectivity index (χ1v) is 18.4. The quantitative estimate of drug-likeness (QED) is 0.188. The average molecular weight is 674 g/mol. The minimum Gasteiger partial charge on any atom is -0.354 e. The van der Waals surface area contributed by atoms with Crippen LogP contribution in [-0.2, 0) is 5.41 Å². The van der Waals surface area contributed by atoms with Gasteiger partial charge in [-0.2, -0.15) is 0 Å². The highest BCUT2D eigenvalue weighted by atomic mass is 15.1. The predicted molar refractivity (Wildman–Crippen MR) is 222 cm³/mol. The summed E-state index contributed by atoms with van der Waals surface area (Å²) in [6, 6.07) is 67.0. The van der Waals surface area contributed by atoms with Crippen LogP contribution in [0.4, 0.5) is 28.4 Å². The van der Waals surface area contributed by atoms with Crippen molar-refractivity contribution in [2.24, 2.45) is 0 Å². The number of benzene rings is 8. The molecule has 2 heterocycles. The maximum absolute atomic E-state index is 4.03. The molecule has 8 aromatic rings. The molecule has 3 heteroatoms. The summed E-state index contributed by atoms with van der Waals surface area (Å²) in [7, 11) is 2.40. The molecule has 11 rings (SSSR count). The van der Waals surface area contributed by atoms with Gasteiger partial charge in [0.25, 0.3) is 0 Å². The van der Waals surface area contributed by atoms with Gasteiger partial charge in [0.05, 0.1) is 11.1 Å². The van der Waals surface area contributed by atoms with Gasteiger partial charge < -0.3 is 10.2 Å². The Morgan fingerprint density at radius 1 is 0.472 bits per heavy atom. The van der Waals surface area contributed by atoms with E-state index in [-0.39, 0.29) is 0 Å². The van der Waals surface area contributed by atoms with Crippen LogP contribution in [0, 0.1) is 6.92 Å². The second-order valence-corrected chi connectivity index (χ2v) is 14.4. The zero-order valence-corrected chi connectivity index (χ0v) is 29.3. The highest BCUT2D eigenvalue weighted by molar-refractivity contribution is 6.73. The van der Waals surface area contributed by atoms with Crippen LogP contribution in [0.1, 0.15) is 27.8 Å². The number of rotatable bonds is 3.